The molecular formula is C29H26O4. The zero-order chi connectivity index (χ0) is 23.5. The van der Waals surface area contributed by atoms with Crippen LogP contribution in [0, 0.1) is 20.8 Å². The lowest BCUT2D eigenvalue weighted by Gasteiger charge is -2.07. The second-order valence-electron chi connectivity index (χ2n) is 8.16. The van der Waals surface area contributed by atoms with E-state index in [1.165, 1.54) is 0 Å². The molecule has 4 heteroatoms. The fraction of sp³-hybridized carbons (Fsp3) is 0.172. The van der Waals surface area contributed by atoms with Crippen LogP contribution in [-0.4, -0.2) is 18.4 Å². The quantitative estimate of drug-likeness (QED) is 0.241. The number of hydrogen-bond acceptors (Lipinski definition) is 4. The van der Waals surface area contributed by atoms with Crippen LogP contribution < -0.4 is 0 Å². The van der Waals surface area contributed by atoms with Crippen molar-refractivity contribution in [2.45, 2.75) is 27.7 Å². The highest BCUT2D eigenvalue weighted by Crippen LogP contribution is 2.39. The van der Waals surface area contributed by atoms with Crippen molar-refractivity contribution in [3.8, 4) is 22.6 Å². The van der Waals surface area contributed by atoms with Crippen LogP contribution in [0.3, 0.4) is 0 Å². The summed E-state index contributed by atoms with van der Waals surface area (Å²) in [4.78, 5) is 27.0. The van der Waals surface area contributed by atoms with E-state index in [0.717, 1.165) is 22.3 Å². The molecule has 166 valence electrons. The summed E-state index contributed by atoms with van der Waals surface area (Å²) >= 11 is 0. The minimum Gasteiger partial charge on any atom is -0.462 e. The number of carbonyl (C=O) groups is 2. The molecule has 0 fully saturated rings. The fourth-order valence-corrected chi connectivity index (χ4v) is 3.71. The standard InChI is InChI=1S/C29H26O4/c1-5-32-29(31)25-24(26(30)21-12-6-18(2)7-13-21)27(22-14-8-19(3)9-15-22)33-28(25)23-16-10-20(4)11-17-23/h6-17H,5H2,1-4H3. The van der Waals surface area contributed by atoms with Crippen molar-refractivity contribution in [1.82, 2.24) is 0 Å². The molecule has 3 aromatic carbocycles. The number of ketones is 1. The molecule has 0 bridgehead atoms. The van der Waals surface area contributed by atoms with Gasteiger partial charge in [-0.15, -0.1) is 0 Å². The van der Waals surface area contributed by atoms with E-state index >= 15 is 0 Å². The first-order valence-corrected chi connectivity index (χ1v) is 11.0. The van der Waals surface area contributed by atoms with Crippen molar-refractivity contribution in [1.29, 1.82) is 0 Å². The van der Waals surface area contributed by atoms with Gasteiger partial charge in [0, 0.05) is 16.7 Å². The molecule has 0 amide bonds. The van der Waals surface area contributed by atoms with Crippen LogP contribution >= 0.6 is 0 Å². The average Bonchev–Trinajstić information content (AvgIpc) is 3.21. The van der Waals surface area contributed by atoms with Crippen LogP contribution in [0.15, 0.2) is 77.2 Å². The molecule has 0 aliphatic rings. The Morgan fingerprint density at radius 2 is 1.09 bits per heavy atom. The van der Waals surface area contributed by atoms with Gasteiger partial charge in [-0.25, -0.2) is 4.79 Å². The van der Waals surface area contributed by atoms with E-state index in [1.54, 1.807) is 19.1 Å². The summed E-state index contributed by atoms with van der Waals surface area (Å²) in [6.07, 6.45) is 0. The molecule has 0 radical (unpaired) electrons. The van der Waals surface area contributed by atoms with Crippen LogP contribution in [0.5, 0.6) is 0 Å². The lowest BCUT2D eigenvalue weighted by Crippen LogP contribution is -2.12. The van der Waals surface area contributed by atoms with Crippen molar-refractivity contribution >= 4 is 11.8 Å². The Morgan fingerprint density at radius 1 is 0.667 bits per heavy atom. The molecule has 0 N–H and O–H groups in total. The van der Waals surface area contributed by atoms with Crippen LogP contribution in [0.2, 0.25) is 0 Å². The monoisotopic (exact) mass is 438 g/mol. The van der Waals surface area contributed by atoms with Gasteiger partial charge < -0.3 is 9.15 Å². The van der Waals surface area contributed by atoms with Gasteiger partial charge in [-0.05, 0) is 27.7 Å². The highest BCUT2D eigenvalue weighted by Gasteiger charge is 2.32. The normalized spacial score (nSPS) is 10.8. The SMILES string of the molecule is CCOC(=O)c1c(-c2ccc(C)cc2)oc(-c2ccc(C)cc2)c1C(=O)c1ccc(C)cc1. The smallest absolute Gasteiger partial charge is 0.342 e. The molecule has 0 aliphatic heterocycles. The number of ether oxygens (including phenoxy) is 1. The van der Waals surface area contributed by atoms with E-state index in [9.17, 15) is 9.59 Å². The zero-order valence-corrected chi connectivity index (χ0v) is 19.3. The Labute approximate surface area is 193 Å². The maximum absolute atomic E-state index is 13.8. The second kappa shape index (κ2) is 9.29. The minimum absolute atomic E-state index is 0.154. The molecule has 33 heavy (non-hydrogen) atoms. The van der Waals surface area contributed by atoms with Crippen molar-refractivity contribution < 1.29 is 18.7 Å². The molecule has 0 spiro atoms. The van der Waals surface area contributed by atoms with Gasteiger partial charge >= 0.3 is 5.97 Å². The molecule has 0 atom stereocenters. The molecule has 0 aliphatic carbocycles. The van der Waals surface area contributed by atoms with Gasteiger partial charge in [0.2, 0.25) is 0 Å². The van der Waals surface area contributed by atoms with Gasteiger partial charge in [-0.1, -0.05) is 89.5 Å². The van der Waals surface area contributed by atoms with E-state index < -0.39 is 5.97 Å². The van der Waals surface area contributed by atoms with Crippen molar-refractivity contribution in [3.63, 3.8) is 0 Å². The number of rotatable bonds is 6. The lowest BCUT2D eigenvalue weighted by molar-refractivity contribution is 0.0524. The Morgan fingerprint density at radius 3 is 1.55 bits per heavy atom. The second-order valence-corrected chi connectivity index (χ2v) is 8.16. The number of furan rings is 1. The zero-order valence-electron chi connectivity index (χ0n) is 19.3. The first kappa shape index (κ1) is 22.3. The molecule has 0 unspecified atom stereocenters. The number of aryl methyl sites for hydroxylation is 3. The first-order chi connectivity index (χ1) is 15.9. The van der Waals surface area contributed by atoms with Gasteiger partial charge in [0.05, 0.1) is 12.2 Å². The first-order valence-electron chi connectivity index (χ1n) is 11.0. The topological polar surface area (TPSA) is 56.5 Å². The van der Waals surface area contributed by atoms with Crippen molar-refractivity contribution in [2.24, 2.45) is 0 Å². The average molecular weight is 439 g/mol. The Balaban J connectivity index is 2.02. The summed E-state index contributed by atoms with van der Waals surface area (Å²) in [5.41, 5.74) is 5.50. The number of esters is 1. The molecule has 4 aromatic rings. The van der Waals surface area contributed by atoms with Crippen LogP contribution in [0.25, 0.3) is 22.6 Å². The maximum Gasteiger partial charge on any atom is 0.342 e. The molecule has 4 rings (SSSR count). The third-order valence-electron chi connectivity index (χ3n) is 5.56. The fourth-order valence-electron chi connectivity index (χ4n) is 3.71. The summed E-state index contributed by atoms with van der Waals surface area (Å²) in [6, 6.07) is 22.6. The van der Waals surface area contributed by atoms with Gasteiger partial charge in [0.15, 0.2) is 5.78 Å². The number of hydrogen-bond donors (Lipinski definition) is 0. The predicted octanol–water partition coefficient (Wildman–Crippen LogP) is 6.95. The predicted molar refractivity (Wildman–Crippen MR) is 130 cm³/mol. The van der Waals surface area contributed by atoms with E-state index in [2.05, 4.69) is 0 Å². The summed E-state index contributed by atoms with van der Waals surface area (Å²) in [5.74, 6) is -0.167. The molecule has 0 saturated carbocycles. The minimum atomic E-state index is -0.578. The molecule has 1 aromatic heterocycles. The van der Waals surface area contributed by atoms with Gasteiger partial charge in [-0.3, -0.25) is 4.79 Å². The van der Waals surface area contributed by atoms with E-state index in [1.807, 2.05) is 81.4 Å². The largest absolute Gasteiger partial charge is 0.462 e. The summed E-state index contributed by atoms with van der Waals surface area (Å²) in [6.45, 7) is 7.87. The third-order valence-corrected chi connectivity index (χ3v) is 5.56. The van der Waals surface area contributed by atoms with Crippen LogP contribution in [0.4, 0.5) is 0 Å². The van der Waals surface area contributed by atoms with Gasteiger partial charge in [-0.2, -0.15) is 0 Å². The van der Waals surface area contributed by atoms with Crippen LogP contribution in [0.1, 0.15) is 49.9 Å². The molecular weight excluding hydrogens is 412 g/mol. The van der Waals surface area contributed by atoms with Gasteiger partial charge in [0.1, 0.15) is 17.1 Å². The Kier molecular flexibility index (Phi) is 6.27. The maximum atomic E-state index is 13.8. The Bertz CT molecular complexity index is 1290. The number of carbonyl (C=O) groups excluding carboxylic acids is 2. The number of benzene rings is 3. The molecule has 4 nitrogen and oxygen atoms in total. The third kappa shape index (κ3) is 4.51. The molecule has 0 saturated heterocycles. The van der Waals surface area contributed by atoms with Crippen molar-refractivity contribution in [3.05, 3.63) is 106 Å². The lowest BCUT2D eigenvalue weighted by atomic mass is 9.94. The van der Waals surface area contributed by atoms with Crippen LogP contribution in [-0.2, 0) is 4.74 Å². The summed E-state index contributed by atoms with van der Waals surface area (Å²) < 4.78 is 11.7. The summed E-state index contributed by atoms with van der Waals surface area (Å²) in [7, 11) is 0. The van der Waals surface area contributed by atoms with Gasteiger partial charge in [0.25, 0.3) is 0 Å². The highest BCUT2D eigenvalue weighted by molar-refractivity contribution is 6.19. The van der Waals surface area contributed by atoms with E-state index in [4.69, 9.17) is 9.15 Å². The summed E-state index contributed by atoms with van der Waals surface area (Å²) in [5, 5.41) is 0. The highest BCUT2D eigenvalue weighted by atomic mass is 16.5. The molecule has 1 heterocycles. The van der Waals surface area contributed by atoms with Crippen molar-refractivity contribution in [2.75, 3.05) is 6.61 Å². The van der Waals surface area contributed by atoms with E-state index in [0.29, 0.717) is 22.6 Å². The Hall–Kier alpha value is -3.92. The van der Waals surface area contributed by atoms with E-state index in [-0.39, 0.29) is 23.5 Å².